The SMILES string of the molecule is O=C(Oc1ccccc1/C=C1\SC(=O)N(Cc2cccc(Cl)c2)C1=O)c1ccc(Cl)cc1. The zero-order valence-electron chi connectivity index (χ0n) is 16.5. The first kappa shape index (κ1) is 22.1. The number of imide groups is 1. The molecule has 32 heavy (non-hydrogen) atoms. The van der Waals surface area contributed by atoms with Crippen molar-refractivity contribution in [2.45, 2.75) is 6.54 Å². The Balaban J connectivity index is 1.55. The van der Waals surface area contributed by atoms with Crippen LogP contribution >= 0.6 is 35.0 Å². The highest BCUT2D eigenvalue weighted by Crippen LogP contribution is 2.35. The highest BCUT2D eigenvalue weighted by Gasteiger charge is 2.35. The lowest BCUT2D eigenvalue weighted by atomic mass is 10.1. The summed E-state index contributed by atoms with van der Waals surface area (Å²) >= 11 is 12.7. The lowest BCUT2D eigenvalue weighted by Gasteiger charge is -2.12. The van der Waals surface area contributed by atoms with Gasteiger partial charge in [-0.05, 0) is 65.9 Å². The van der Waals surface area contributed by atoms with Gasteiger partial charge in [0.25, 0.3) is 11.1 Å². The minimum absolute atomic E-state index is 0.121. The van der Waals surface area contributed by atoms with Crippen LogP contribution in [0.1, 0.15) is 21.5 Å². The second-order valence-corrected chi connectivity index (χ2v) is 8.70. The minimum atomic E-state index is -0.559. The van der Waals surface area contributed by atoms with E-state index in [2.05, 4.69) is 0 Å². The van der Waals surface area contributed by atoms with E-state index in [0.29, 0.717) is 21.2 Å². The van der Waals surface area contributed by atoms with E-state index in [1.165, 1.54) is 0 Å². The van der Waals surface area contributed by atoms with Gasteiger partial charge in [0.1, 0.15) is 5.75 Å². The molecule has 3 aromatic rings. The molecule has 2 amide bonds. The average molecular weight is 484 g/mol. The van der Waals surface area contributed by atoms with Crippen molar-refractivity contribution in [3.8, 4) is 5.75 Å². The number of esters is 1. The molecule has 0 spiro atoms. The third-order valence-corrected chi connectivity index (χ3v) is 5.99. The fourth-order valence-corrected chi connectivity index (χ4v) is 4.20. The van der Waals surface area contributed by atoms with Gasteiger partial charge in [0, 0.05) is 15.6 Å². The first-order valence-electron chi connectivity index (χ1n) is 9.47. The molecule has 0 N–H and O–H groups in total. The van der Waals surface area contributed by atoms with Crippen LogP contribution in [0.5, 0.6) is 5.75 Å². The van der Waals surface area contributed by atoms with Crippen LogP contribution in [0.25, 0.3) is 6.08 Å². The summed E-state index contributed by atoms with van der Waals surface area (Å²) in [5.41, 5.74) is 1.59. The van der Waals surface area contributed by atoms with E-state index >= 15 is 0 Å². The van der Waals surface area contributed by atoms with Crippen molar-refractivity contribution >= 4 is 58.2 Å². The highest BCUT2D eigenvalue weighted by molar-refractivity contribution is 8.18. The topological polar surface area (TPSA) is 63.7 Å². The number of rotatable bonds is 5. The average Bonchev–Trinajstić information content (AvgIpc) is 3.03. The molecule has 160 valence electrons. The molecule has 1 fully saturated rings. The highest BCUT2D eigenvalue weighted by atomic mass is 35.5. The third-order valence-electron chi connectivity index (χ3n) is 4.59. The van der Waals surface area contributed by atoms with Crippen molar-refractivity contribution in [1.29, 1.82) is 0 Å². The van der Waals surface area contributed by atoms with E-state index in [0.717, 1.165) is 22.2 Å². The zero-order valence-corrected chi connectivity index (χ0v) is 18.8. The van der Waals surface area contributed by atoms with E-state index in [9.17, 15) is 14.4 Å². The van der Waals surface area contributed by atoms with Crippen molar-refractivity contribution < 1.29 is 19.1 Å². The van der Waals surface area contributed by atoms with E-state index in [1.54, 1.807) is 78.9 Å². The van der Waals surface area contributed by atoms with Gasteiger partial charge in [-0.2, -0.15) is 0 Å². The Morgan fingerprint density at radius 2 is 1.69 bits per heavy atom. The van der Waals surface area contributed by atoms with Gasteiger partial charge in [0.2, 0.25) is 0 Å². The van der Waals surface area contributed by atoms with Gasteiger partial charge in [-0.25, -0.2) is 4.79 Å². The van der Waals surface area contributed by atoms with Gasteiger partial charge in [-0.1, -0.05) is 53.5 Å². The predicted octanol–water partition coefficient (Wildman–Crippen LogP) is 6.45. The minimum Gasteiger partial charge on any atom is -0.422 e. The van der Waals surface area contributed by atoms with Gasteiger partial charge in [0.05, 0.1) is 17.0 Å². The number of para-hydroxylation sites is 1. The number of carbonyl (C=O) groups excluding carboxylic acids is 3. The lowest BCUT2D eigenvalue weighted by Crippen LogP contribution is -2.27. The van der Waals surface area contributed by atoms with Gasteiger partial charge < -0.3 is 4.74 Å². The van der Waals surface area contributed by atoms with Crippen LogP contribution in [0.3, 0.4) is 0 Å². The summed E-state index contributed by atoms with van der Waals surface area (Å²) in [6.07, 6.45) is 1.55. The van der Waals surface area contributed by atoms with Gasteiger partial charge >= 0.3 is 5.97 Å². The molecule has 1 aliphatic rings. The number of nitrogens with zero attached hydrogens (tertiary/aromatic N) is 1. The van der Waals surface area contributed by atoms with Crippen molar-refractivity contribution in [2.24, 2.45) is 0 Å². The maximum absolute atomic E-state index is 12.9. The molecular formula is C24H15Cl2NO4S. The number of amides is 2. The van der Waals surface area contributed by atoms with Crippen molar-refractivity contribution in [1.82, 2.24) is 4.90 Å². The lowest BCUT2D eigenvalue weighted by molar-refractivity contribution is -0.123. The Morgan fingerprint density at radius 1 is 0.938 bits per heavy atom. The second-order valence-electron chi connectivity index (χ2n) is 6.83. The monoisotopic (exact) mass is 483 g/mol. The van der Waals surface area contributed by atoms with Crippen LogP contribution < -0.4 is 4.74 Å². The summed E-state index contributed by atoms with van der Waals surface area (Å²) in [6.45, 7) is 0.121. The van der Waals surface area contributed by atoms with Crippen LogP contribution in [0.2, 0.25) is 10.0 Å². The Bertz CT molecular complexity index is 1240. The molecule has 1 saturated heterocycles. The van der Waals surface area contributed by atoms with Gasteiger partial charge in [0.15, 0.2) is 0 Å². The van der Waals surface area contributed by atoms with E-state index in [4.69, 9.17) is 27.9 Å². The van der Waals surface area contributed by atoms with Crippen molar-refractivity contribution in [3.63, 3.8) is 0 Å². The summed E-state index contributed by atoms with van der Waals surface area (Å²) in [5, 5.41) is 0.661. The fourth-order valence-electron chi connectivity index (χ4n) is 3.03. The standard InChI is InChI=1S/C24H15Cl2NO4S/c25-18-10-8-16(9-11-18)23(29)31-20-7-2-1-5-17(20)13-21-22(28)27(24(30)32-21)14-15-4-3-6-19(26)12-15/h1-13H,14H2/b21-13-. The van der Waals surface area contributed by atoms with Crippen molar-refractivity contribution in [2.75, 3.05) is 0 Å². The second kappa shape index (κ2) is 9.61. The zero-order chi connectivity index (χ0) is 22.7. The number of benzene rings is 3. The summed E-state index contributed by atoms with van der Waals surface area (Å²) in [4.78, 5) is 39.2. The van der Waals surface area contributed by atoms with Gasteiger partial charge in [-0.15, -0.1) is 0 Å². The summed E-state index contributed by atoms with van der Waals surface area (Å²) in [5.74, 6) is -0.704. The predicted molar refractivity (Wildman–Crippen MR) is 126 cm³/mol. The number of hydrogen-bond acceptors (Lipinski definition) is 5. The Labute approximate surface area is 198 Å². The summed E-state index contributed by atoms with van der Waals surface area (Å²) in [6, 6.07) is 20.1. The maximum atomic E-state index is 12.9. The van der Waals surface area contributed by atoms with Crippen LogP contribution in [-0.2, 0) is 11.3 Å². The first-order valence-corrected chi connectivity index (χ1v) is 11.0. The molecule has 0 atom stereocenters. The molecule has 1 aliphatic heterocycles. The largest absolute Gasteiger partial charge is 0.422 e. The van der Waals surface area contributed by atoms with Crippen LogP contribution in [0.4, 0.5) is 4.79 Å². The maximum Gasteiger partial charge on any atom is 0.343 e. The molecule has 0 bridgehead atoms. The Morgan fingerprint density at radius 3 is 2.44 bits per heavy atom. The number of carbonyl (C=O) groups is 3. The smallest absolute Gasteiger partial charge is 0.343 e. The van der Waals surface area contributed by atoms with E-state index < -0.39 is 11.9 Å². The molecule has 5 nitrogen and oxygen atoms in total. The molecule has 3 aromatic carbocycles. The number of ether oxygens (including phenoxy) is 1. The molecule has 8 heteroatoms. The number of hydrogen-bond donors (Lipinski definition) is 0. The summed E-state index contributed by atoms with van der Waals surface area (Å²) in [7, 11) is 0. The normalized spacial score (nSPS) is 14.8. The molecule has 0 saturated carbocycles. The van der Waals surface area contributed by atoms with Crippen LogP contribution in [0, 0.1) is 0 Å². The molecule has 0 radical (unpaired) electrons. The molecule has 0 unspecified atom stereocenters. The van der Waals surface area contributed by atoms with Crippen LogP contribution in [-0.4, -0.2) is 22.0 Å². The Kier molecular flexibility index (Phi) is 6.65. The Hall–Kier alpha value is -3.06. The quantitative estimate of drug-likeness (QED) is 0.237. The molecule has 4 rings (SSSR count). The molecule has 0 aromatic heterocycles. The van der Waals surface area contributed by atoms with Crippen LogP contribution in [0.15, 0.2) is 77.7 Å². The number of thioether (sulfide) groups is 1. The fraction of sp³-hybridized carbons (Fsp3) is 0.0417. The summed E-state index contributed by atoms with van der Waals surface area (Å²) < 4.78 is 5.52. The van der Waals surface area contributed by atoms with E-state index in [1.807, 2.05) is 0 Å². The van der Waals surface area contributed by atoms with Crippen molar-refractivity contribution in [3.05, 3.63) is 104 Å². The number of halogens is 2. The molecular weight excluding hydrogens is 469 g/mol. The third kappa shape index (κ3) is 5.05. The first-order chi connectivity index (χ1) is 15.4. The molecule has 1 heterocycles. The van der Waals surface area contributed by atoms with E-state index in [-0.39, 0.29) is 22.4 Å². The van der Waals surface area contributed by atoms with Gasteiger partial charge in [-0.3, -0.25) is 14.5 Å². The molecule has 0 aliphatic carbocycles.